The van der Waals surface area contributed by atoms with E-state index in [1.54, 1.807) is 30.3 Å². The predicted octanol–water partition coefficient (Wildman–Crippen LogP) is 0.714. The van der Waals surface area contributed by atoms with Crippen LogP contribution in [0.4, 0.5) is 10.5 Å². The fraction of sp³-hybridized carbons (Fsp3) is 0.625. The van der Waals surface area contributed by atoms with Crippen molar-refractivity contribution in [3.05, 3.63) is 28.7 Å². The van der Waals surface area contributed by atoms with Gasteiger partial charge in [0.25, 0.3) is 5.56 Å². The average Bonchev–Trinajstić information content (AvgIpc) is 3.05. The number of aromatic nitrogens is 1. The highest BCUT2D eigenvalue weighted by atomic mass is 16.5. The molecule has 0 spiro atoms. The van der Waals surface area contributed by atoms with Crippen LogP contribution in [0.1, 0.15) is 12.8 Å². The van der Waals surface area contributed by atoms with Crippen molar-refractivity contribution in [2.75, 3.05) is 44.6 Å². The van der Waals surface area contributed by atoms with Crippen LogP contribution in [0.25, 0.3) is 0 Å². The monoisotopic (exact) mass is 320 g/mol. The van der Waals surface area contributed by atoms with Crippen molar-refractivity contribution in [3.8, 4) is 0 Å². The zero-order valence-corrected chi connectivity index (χ0v) is 13.5. The van der Waals surface area contributed by atoms with Crippen LogP contribution >= 0.6 is 0 Å². The van der Waals surface area contributed by atoms with Crippen molar-refractivity contribution >= 4 is 11.7 Å². The number of hydrogen-bond donors (Lipinski definition) is 1. The smallest absolute Gasteiger partial charge is 0.322 e. The number of piperazine rings is 1. The maximum atomic E-state index is 12.3. The lowest BCUT2D eigenvalue weighted by Gasteiger charge is -2.35. The fourth-order valence-electron chi connectivity index (χ4n) is 3.10. The summed E-state index contributed by atoms with van der Waals surface area (Å²) in [7, 11) is 1.67. The molecule has 3 rings (SSSR count). The largest absolute Gasteiger partial charge is 0.377 e. The molecule has 2 aliphatic heterocycles. The molecule has 0 saturated carbocycles. The molecule has 2 saturated heterocycles. The van der Waals surface area contributed by atoms with Crippen LogP contribution in [0, 0.1) is 0 Å². The number of nitrogens with one attached hydrogen (secondary N) is 1. The lowest BCUT2D eigenvalue weighted by Crippen LogP contribution is -2.51. The van der Waals surface area contributed by atoms with Gasteiger partial charge in [0.1, 0.15) is 5.69 Å². The number of aryl methyl sites for hydroxylation is 1. The minimum absolute atomic E-state index is 0.196. The van der Waals surface area contributed by atoms with E-state index in [0.717, 1.165) is 39.1 Å². The first kappa shape index (κ1) is 16.0. The van der Waals surface area contributed by atoms with Gasteiger partial charge in [-0.1, -0.05) is 0 Å². The van der Waals surface area contributed by atoms with Gasteiger partial charge in [-0.3, -0.25) is 9.69 Å². The number of hydrogen-bond acceptors (Lipinski definition) is 4. The minimum Gasteiger partial charge on any atom is -0.377 e. The Kier molecular flexibility index (Phi) is 4.97. The number of amides is 2. The van der Waals surface area contributed by atoms with Gasteiger partial charge < -0.3 is 19.5 Å². The van der Waals surface area contributed by atoms with E-state index in [-0.39, 0.29) is 11.6 Å². The van der Waals surface area contributed by atoms with E-state index in [0.29, 0.717) is 24.9 Å². The number of pyridine rings is 1. The Morgan fingerprint density at radius 2 is 2.13 bits per heavy atom. The third-order valence-electron chi connectivity index (χ3n) is 4.51. The van der Waals surface area contributed by atoms with Gasteiger partial charge >= 0.3 is 6.03 Å². The third-order valence-corrected chi connectivity index (χ3v) is 4.51. The molecule has 126 valence electrons. The molecular formula is C16H24N4O3. The molecule has 2 fully saturated rings. The summed E-state index contributed by atoms with van der Waals surface area (Å²) in [6, 6.07) is 3.18. The summed E-state index contributed by atoms with van der Waals surface area (Å²) in [4.78, 5) is 28.4. The maximum Gasteiger partial charge on any atom is 0.322 e. The van der Waals surface area contributed by atoms with E-state index >= 15 is 0 Å². The first-order valence-electron chi connectivity index (χ1n) is 8.19. The van der Waals surface area contributed by atoms with E-state index in [1.165, 1.54) is 4.57 Å². The molecule has 0 bridgehead atoms. The van der Waals surface area contributed by atoms with Crippen LogP contribution in [0.15, 0.2) is 23.1 Å². The average molecular weight is 320 g/mol. The molecule has 7 heteroatoms. The van der Waals surface area contributed by atoms with Crippen LogP contribution in [0.2, 0.25) is 0 Å². The van der Waals surface area contributed by atoms with Crippen molar-refractivity contribution in [2.45, 2.75) is 18.9 Å². The summed E-state index contributed by atoms with van der Waals surface area (Å²) in [5.74, 6) is 0. The van der Waals surface area contributed by atoms with Crippen molar-refractivity contribution < 1.29 is 9.53 Å². The summed E-state index contributed by atoms with van der Waals surface area (Å²) < 4.78 is 7.12. The standard InChI is InChI=1S/C16H24N4O3/c1-18-6-2-5-14(15(18)21)17-16(22)20-9-7-19(8-10-20)12-13-4-3-11-23-13/h2,5-6,13H,3-4,7-12H2,1H3,(H,17,22). The van der Waals surface area contributed by atoms with Gasteiger partial charge in [0.2, 0.25) is 0 Å². The predicted molar refractivity (Wildman–Crippen MR) is 87.7 cm³/mol. The van der Waals surface area contributed by atoms with Crippen LogP contribution < -0.4 is 10.9 Å². The van der Waals surface area contributed by atoms with Crippen LogP contribution in [-0.2, 0) is 11.8 Å². The first-order chi connectivity index (χ1) is 11.1. The zero-order valence-electron chi connectivity index (χ0n) is 13.5. The number of urea groups is 1. The Morgan fingerprint density at radius 1 is 1.35 bits per heavy atom. The summed E-state index contributed by atoms with van der Waals surface area (Å²) in [6.45, 7) is 4.87. The molecule has 0 radical (unpaired) electrons. The fourth-order valence-corrected chi connectivity index (χ4v) is 3.10. The van der Waals surface area contributed by atoms with Crippen LogP contribution in [0.3, 0.4) is 0 Å². The molecule has 0 aromatic carbocycles. The third kappa shape index (κ3) is 3.92. The minimum atomic E-state index is -0.204. The second-order valence-electron chi connectivity index (χ2n) is 6.19. The lowest BCUT2D eigenvalue weighted by molar-refractivity contribution is 0.0572. The van der Waals surface area contributed by atoms with Gasteiger partial charge in [-0.2, -0.15) is 0 Å². The molecule has 3 heterocycles. The van der Waals surface area contributed by atoms with Crippen LogP contribution in [-0.4, -0.2) is 65.8 Å². The molecule has 23 heavy (non-hydrogen) atoms. The van der Waals surface area contributed by atoms with E-state index in [4.69, 9.17) is 4.74 Å². The molecule has 1 atom stereocenters. The molecule has 7 nitrogen and oxygen atoms in total. The second kappa shape index (κ2) is 7.14. The van der Waals surface area contributed by atoms with E-state index < -0.39 is 0 Å². The van der Waals surface area contributed by atoms with Gasteiger partial charge in [0.05, 0.1) is 6.10 Å². The van der Waals surface area contributed by atoms with Crippen molar-refractivity contribution in [2.24, 2.45) is 7.05 Å². The molecular weight excluding hydrogens is 296 g/mol. The summed E-state index contributed by atoms with van der Waals surface area (Å²) >= 11 is 0. The van der Waals surface area contributed by atoms with Gasteiger partial charge in [0.15, 0.2) is 0 Å². The SMILES string of the molecule is Cn1cccc(NC(=O)N2CCN(CC3CCCO3)CC2)c1=O. The Labute approximate surface area is 135 Å². The molecule has 2 aliphatic rings. The number of carbonyl (C=O) groups is 1. The number of nitrogens with zero attached hydrogens (tertiary/aromatic N) is 3. The van der Waals surface area contributed by atoms with Gasteiger partial charge in [0, 0.05) is 52.6 Å². The second-order valence-corrected chi connectivity index (χ2v) is 6.19. The number of rotatable bonds is 3. The van der Waals surface area contributed by atoms with Crippen molar-refractivity contribution in [3.63, 3.8) is 0 Å². The highest BCUT2D eigenvalue weighted by Gasteiger charge is 2.25. The molecule has 2 amide bonds. The molecule has 1 aromatic heterocycles. The molecule has 1 unspecified atom stereocenters. The summed E-state index contributed by atoms with van der Waals surface area (Å²) in [6.07, 6.45) is 4.31. The number of ether oxygens (including phenoxy) is 1. The van der Waals surface area contributed by atoms with E-state index in [1.807, 2.05) is 0 Å². The molecule has 0 aliphatic carbocycles. The van der Waals surface area contributed by atoms with Gasteiger partial charge in [-0.15, -0.1) is 0 Å². The van der Waals surface area contributed by atoms with Crippen molar-refractivity contribution in [1.82, 2.24) is 14.4 Å². The molecule has 1 N–H and O–H groups in total. The van der Waals surface area contributed by atoms with E-state index in [2.05, 4.69) is 10.2 Å². The maximum absolute atomic E-state index is 12.3. The topological polar surface area (TPSA) is 66.8 Å². The van der Waals surface area contributed by atoms with Gasteiger partial charge in [-0.25, -0.2) is 4.79 Å². The summed E-state index contributed by atoms with van der Waals surface area (Å²) in [5, 5.41) is 2.72. The Hall–Kier alpha value is -1.86. The highest BCUT2D eigenvalue weighted by Crippen LogP contribution is 2.14. The number of carbonyl (C=O) groups excluding carboxylic acids is 1. The molecule has 1 aromatic rings. The quantitative estimate of drug-likeness (QED) is 0.891. The number of anilines is 1. The Morgan fingerprint density at radius 3 is 2.83 bits per heavy atom. The van der Waals surface area contributed by atoms with Gasteiger partial charge in [-0.05, 0) is 25.0 Å². The van der Waals surface area contributed by atoms with Crippen molar-refractivity contribution in [1.29, 1.82) is 0 Å². The van der Waals surface area contributed by atoms with Crippen LogP contribution in [0.5, 0.6) is 0 Å². The highest BCUT2D eigenvalue weighted by molar-refractivity contribution is 5.89. The lowest BCUT2D eigenvalue weighted by atomic mass is 10.2. The normalized spacial score (nSPS) is 22.3. The summed E-state index contributed by atoms with van der Waals surface area (Å²) in [5.41, 5.74) is 0.125. The zero-order chi connectivity index (χ0) is 16.2. The Balaban J connectivity index is 1.50. The Bertz CT molecular complexity index is 602. The first-order valence-corrected chi connectivity index (χ1v) is 8.19. The van der Waals surface area contributed by atoms with E-state index in [9.17, 15) is 9.59 Å².